The van der Waals surface area contributed by atoms with E-state index in [4.69, 9.17) is 4.74 Å². The number of aryl methyl sites for hydroxylation is 1. The van der Waals surface area contributed by atoms with E-state index < -0.39 is 10.0 Å². The number of benzene rings is 2. The third-order valence-corrected chi connectivity index (χ3v) is 5.22. The van der Waals surface area contributed by atoms with E-state index in [9.17, 15) is 13.2 Å². The number of ether oxygens (including phenoxy) is 1. The molecule has 2 aromatic carbocycles. The summed E-state index contributed by atoms with van der Waals surface area (Å²) in [6.45, 7) is 5.71. The van der Waals surface area contributed by atoms with Gasteiger partial charge in [0.05, 0.1) is 4.90 Å². The van der Waals surface area contributed by atoms with Gasteiger partial charge in [-0.1, -0.05) is 24.6 Å². The lowest BCUT2D eigenvalue weighted by molar-refractivity contribution is -0.123. The molecule has 1 amide bonds. The van der Waals surface area contributed by atoms with Gasteiger partial charge in [-0.05, 0) is 56.7 Å². The topological polar surface area (TPSA) is 84.5 Å². The molecule has 2 rings (SSSR count). The van der Waals surface area contributed by atoms with Gasteiger partial charge in [0.15, 0.2) is 6.61 Å². The van der Waals surface area contributed by atoms with Crippen molar-refractivity contribution in [1.82, 2.24) is 5.32 Å². The van der Waals surface area contributed by atoms with Gasteiger partial charge in [-0.3, -0.25) is 9.52 Å². The number of hydrogen-bond acceptors (Lipinski definition) is 4. The third kappa shape index (κ3) is 5.77. The molecule has 2 aromatic rings. The largest absolute Gasteiger partial charge is 0.484 e. The molecule has 0 bridgehead atoms. The summed E-state index contributed by atoms with van der Waals surface area (Å²) < 4.78 is 32.7. The van der Waals surface area contributed by atoms with Gasteiger partial charge in [0.1, 0.15) is 5.75 Å². The summed E-state index contributed by atoms with van der Waals surface area (Å²) >= 11 is 0. The monoisotopic (exact) mass is 376 g/mol. The number of sulfonamides is 1. The lowest BCUT2D eigenvalue weighted by Crippen LogP contribution is -2.35. The summed E-state index contributed by atoms with van der Waals surface area (Å²) in [6, 6.07) is 13.1. The van der Waals surface area contributed by atoms with Gasteiger partial charge in [-0.15, -0.1) is 0 Å². The molecule has 0 radical (unpaired) electrons. The molecule has 0 saturated carbocycles. The second kappa shape index (κ2) is 8.71. The van der Waals surface area contributed by atoms with Crippen molar-refractivity contribution in [2.45, 2.75) is 38.1 Å². The molecule has 0 aliphatic heterocycles. The van der Waals surface area contributed by atoms with Crippen LogP contribution in [0.4, 0.5) is 5.69 Å². The predicted octanol–water partition coefficient (Wildman–Crippen LogP) is 3.09. The molecular weight excluding hydrogens is 352 g/mol. The van der Waals surface area contributed by atoms with Crippen LogP contribution in [0.5, 0.6) is 5.75 Å². The van der Waals surface area contributed by atoms with Crippen molar-refractivity contribution in [3.8, 4) is 5.75 Å². The van der Waals surface area contributed by atoms with E-state index in [1.54, 1.807) is 12.1 Å². The van der Waals surface area contributed by atoms with Gasteiger partial charge in [-0.2, -0.15) is 0 Å². The van der Waals surface area contributed by atoms with Crippen LogP contribution in [0, 0.1) is 6.92 Å². The summed E-state index contributed by atoms with van der Waals surface area (Å²) in [5.41, 5.74) is 1.55. The lowest BCUT2D eigenvalue weighted by Gasteiger charge is -2.12. The lowest BCUT2D eigenvalue weighted by atomic mass is 10.2. The zero-order valence-electron chi connectivity index (χ0n) is 15.2. The molecule has 0 heterocycles. The van der Waals surface area contributed by atoms with Gasteiger partial charge in [0, 0.05) is 11.7 Å². The van der Waals surface area contributed by atoms with Crippen LogP contribution in [0.25, 0.3) is 0 Å². The van der Waals surface area contributed by atoms with Crippen LogP contribution in [0.2, 0.25) is 0 Å². The van der Waals surface area contributed by atoms with Crippen molar-refractivity contribution in [2.24, 2.45) is 0 Å². The Hall–Kier alpha value is -2.54. The SMILES string of the molecule is CC[C@@H](C)NC(=O)COc1ccc(S(=O)(=O)Nc2ccc(C)cc2)cc1. The van der Waals surface area contributed by atoms with Crippen molar-refractivity contribution in [1.29, 1.82) is 0 Å². The average Bonchev–Trinajstić information content (AvgIpc) is 2.62. The summed E-state index contributed by atoms with van der Waals surface area (Å²) in [5, 5.41) is 2.80. The standard InChI is InChI=1S/C19H24N2O4S/c1-4-15(3)20-19(22)13-25-17-9-11-18(12-10-17)26(23,24)21-16-7-5-14(2)6-8-16/h5-12,15,21H,4,13H2,1-3H3,(H,20,22)/t15-/m1/s1. The molecule has 0 aromatic heterocycles. The maximum Gasteiger partial charge on any atom is 0.261 e. The highest BCUT2D eigenvalue weighted by molar-refractivity contribution is 7.92. The highest BCUT2D eigenvalue weighted by Crippen LogP contribution is 2.19. The number of nitrogens with one attached hydrogen (secondary N) is 2. The van der Waals surface area contributed by atoms with Crippen LogP contribution in [-0.2, 0) is 14.8 Å². The maximum atomic E-state index is 12.4. The van der Waals surface area contributed by atoms with Crippen LogP contribution in [-0.4, -0.2) is 27.0 Å². The van der Waals surface area contributed by atoms with E-state index in [0.717, 1.165) is 12.0 Å². The highest BCUT2D eigenvalue weighted by atomic mass is 32.2. The molecule has 140 valence electrons. The summed E-state index contributed by atoms with van der Waals surface area (Å²) in [6.07, 6.45) is 0.840. The van der Waals surface area contributed by atoms with E-state index >= 15 is 0 Å². The molecule has 6 nitrogen and oxygen atoms in total. The number of anilines is 1. The number of hydrogen-bond donors (Lipinski definition) is 2. The Morgan fingerprint density at radius 1 is 1.08 bits per heavy atom. The molecule has 26 heavy (non-hydrogen) atoms. The molecule has 1 atom stereocenters. The fourth-order valence-electron chi connectivity index (χ4n) is 2.12. The molecule has 0 unspecified atom stereocenters. The minimum atomic E-state index is -3.68. The van der Waals surface area contributed by atoms with Gasteiger partial charge >= 0.3 is 0 Å². The summed E-state index contributed by atoms with van der Waals surface area (Å²) in [5.74, 6) is 0.218. The Kier molecular flexibility index (Phi) is 6.63. The fraction of sp³-hybridized carbons (Fsp3) is 0.316. The minimum absolute atomic E-state index is 0.0893. The van der Waals surface area contributed by atoms with Crippen molar-refractivity contribution >= 4 is 21.6 Å². The van der Waals surface area contributed by atoms with Crippen LogP contribution >= 0.6 is 0 Å². The van der Waals surface area contributed by atoms with Gasteiger partial charge < -0.3 is 10.1 Å². The van der Waals surface area contributed by atoms with Crippen LogP contribution in [0.15, 0.2) is 53.4 Å². The van der Waals surface area contributed by atoms with Crippen molar-refractivity contribution in [2.75, 3.05) is 11.3 Å². The maximum absolute atomic E-state index is 12.4. The number of rotatable bonds is 8. The smallest absolute Gasteiger partial charge is 0.261 e. The minimum Gasteiger partial charge on any atom is -0.484 e. The number of amides is 1. The molecule has 7 heteroatoms. The van der Waals surface area contributed by atoms with Crippen molar-refractivity contribution < 1.29 is 17.9 Å². The van der Waals surface area contributed by atoms with Crippen molar-refractivity contribution in [3.05, 3.63) is 54.1 Å². The molecule has 0 fully saturated rings. The van der Waals surface area contributed by atoms with Crippen molar-refractivity contribution in [3.63, 3.8) is 0 Å². The third-order valence-electron chi connectivity index (χ3n) is 3.83. The van der Waals surface area contributed by atoms with Gasteiger partial charge in [0.2, 0.25) is 0 Å². The Morgan fingerprint density at radius 3 is 2.27 bits per heavy atom. The summed E-state index contributed by atoms with van der Waals surface area (Å²) in [7, 11) is -3.68. The highest BCUT2D eigenvalue weighted by Gasteiger charge is 2.14. The molecule has 0 saturated heterocycles. The fourth-order valence-corrected chi connectivity index (χ4v) is 3.18. The first-order valence-electron chi connectivity index (χ1n) is 8.42. The zero-order chi connectivity index (χ0) is 19.2. The van der Waals surface area contributed by atoms with Crippen LogP contribution in [0.1, 0.15) is 25.8 Å². The van der Waals surface area contributed by atoms with E-state index in [2.05, 4.69) is 10.0 Å². The zero-order valence-corrected chi connectivity index (χ0v) is 16.0. The first-order valence-corrected chi connectivity index (χ1v) is 9.90. The van der Waals surface area contributed by atoms with E-state index in [-0.39, 0.29) is 23.5 Å². The number of carbonyl (C=O) groups is 1. The number of carbonyl (C=O) groups excluding carboxylic acids is 1. The van der Waals surface area contributed by atoms with Crippen LogP contribution < -0.4 is 14.8 Å². The second-order valence-electron chi connectivity index (χ2n) is 6.11. The molecule has 0 aliphatic carbocycles. The molecule has 2 N–H and O–H groups in total. The van der Waals surface area contributed by atoms with Gasteiger partial charge in [-0.25, -0.2) is 8.42 Å². The Balaban J connectivity index is 1.97. The molecule has 0 aliphatic rings. The Bertz CT molecular complexity index is 831. The Morgan fingerprint density at radius 2 is 1.69 bits per heavy atom. The average molecular weight is 376 g/mol. The molecular formula is C19H24N2O4S. The van der Waals surface area contributed by atoms with E-state index in [0.29, 0.717) is 11.4 Å². The van der Waals surface area contributed by atoms with E-state index in [1.807, 2.05) is 32.9 Å². The predicted molar refractivity (Wildman–Crippen MR) is 102 cm³/mol. The normalized spacial score (nSPS) is 12.3. The second-order valence-corrected chi connectivity index (χ2v) is 7.79. The quantitative estimate of drug-likeness (QED) is 0.741. The van der Waals surface area contributed by atoms with Crippen LogP contribution in [0.3, 0.4) is 0 Å². The first kappa shape index (κ1) is 19.8. The summed E-state index contributed by atoms with van der Waals surface area (Å²) in [4.78, 5) is 11.8. The van der Waals surface area contributed by atoms with E-state index in [1.165, 1.54) is 24.3 Å². The van der Waals surface area contributed by atoms with Gasteiger partial charge in [0.25, 0.3) is 15.9 Å². The first-order chi connectivity index (χ1) is 12.3. The Labute approximate surface area is 154 Å². The molecule has 0 spiro atoms.